The lowest BCUT2D eigenvalue weighted by Crippen LogP contribution is -2.25. The largest absolute Gasteiger partial charge is 0.416 e. The van der Waals surface area contributed by atoms with Crippen LogP contribution in [-0.2, 0) is 12.6 Å². The van der Waals surface area contributed by atoms with Crippen LogP contribution in [0.25, 0.3) is 0 Å². The summed E-state index contributed by atoms with van der Waals surface area (Å²) >= 11 is 0. The van der Waals surface area contributed by atoms with E-state index < -0.39 is 11.7 Å². The second-order valence-electron chi connectivity index (χ2n) is 9.41. The molecule has 2 aliphatic carbocycles. The summed E-state index contributed by atoms with van der Waals surface area (Å²) in [6.45, 7) is 2.31. The molecule has 2 aliphatic rings. The van der Waals surface area contributed by atoms with Gasteiger partial charge in [0.15, 0.2) is 0 Å². The molecule has 2 fully saturated rings. The van der Waals surface area contributed by atoms with Crippen molar-refractivity contribution in [3.63, 3.8) is 0 Å². The quantitative estimate of drug-likeness (QED) is 0.398. The van der Waals surface area contributed by atoms with Crippen molar-refractivity contribution in [2.45, 2.75) is 90.1 Å². The number of aryl methyl sites for hydroxylation is 1. The number of rotatable bonds is 7. The molecule has 3 heteroatoms. The van der Waals surface area contributed by atoms with Crippen molar-refractivity contribution >= 4 is 0 Å². The standard InChI is InChI=1S/C26H37F3/c1-2-5-20-8-14-23(15-9-20)24-16-10-21(11-17-24)6-3-4-7-22-12-18-25(19-13-22)26(27,28)29/h3,6,12-13,18-21,23-24H,2,4-5,7-11,14-17H2,1H3/t20-,21-,23-,24-. The highest BCUT2D eigenvalue weighted by Crippen LogP contribution is 2.42. The number of hydrogen-bond donors (Lipinski definition) is 0. The molecule has 0 aromatic heterocycles. The Morgan fingerprint density at radius 2 is 1.45 bits per heavy atom. The summed E-state index contributed by atoms with van der Waals surface area (Å²) in [5.41, 5.74) is 0.414. The Bertz CT molecular complexity index is 612. The third-order valence-corrected chi connectivity index (χ3v) is 7.36. The van der Waals surface area contributed by atoms with Gasteiger partial charge >= 0.3 is 6.18 Å². The molecule has 0 saturated heterocycles. The Morgan fingerprint density at radius 1 is 0.862 bits per heavy atom. The van der Waals surface area contributed by atoms with Gasteiger partial charge in [-0.2, -0.15) is 13.2 Å². The first-order valence-electron chi connectivity index (χ1n) is 11.8. The van der Waals surface area contributed by atoms with Gasteiger partial charge in [-0.15, -0.1) is 0 Å². The monoisotopic (exact) mass is 406 g/mol. The lowest BCUT2D eigenvalue weighted by Gasteiger charge is -2.37. The lowest BCUT2D eigenvalue weighted by atomic mass is 9.68. The molecule has 2 saturated carbocycles. The van der Waals surface area contributed by atoms with E-state index in [0.29, 0.717) is 5.92 Å². The minimum absolute atomic E-state index is 0.563. The topological polar surface area (TPSA) is 0 Å². The van der Waals surface area contributed by atoms with Crippen LogP contribution in [0.4, 0.5) is 13.2 Å². The van der Waals surface area contributed by atoms with Crippen LogP contribution in [0.3, 0.4) is 0 Å². The van der Waals surface area contributed by atoms with Crippen molar-refractivity contribution in [2.75, 3.05) is 0 Å². The first-order valence-corrected chi connectivity index (χ1v) is 11.8. The molecule has 0 unspecified atom stereocenters. The van der Waals surface area contributed by atoms with Crippen LogP contribution in [0.2, 0.25) is 0 Å². The number of alkyl halides is 3. The van der Waals surface area contributed by atoms with Crippen molar-refractivity contribution in [2.24, 2.45) is 23.7 Å². The summed E-state index contributed by atoms with van der Waals surface area (Å²) in [4.78, 5) is 0. The molecule has 0 heterocycles. The number of halogens is 3. The zero-order chi connectivity index (χ0) is 20.7. The van der Waals surface area contributed by atoms with Crippen molar-refractivity contribution in [3.05, 3.63) is 47.5 Å². The molecular weight excluding hydrogens is 369 g/mol. The van der Waals surface area contributed by atoms with Crippen LogP contribution in [0, 0.1) is 23.7 Å². The van der Waals surface area contributed by atoms with Gasteiger partial charge in [-0.25, -0.2) is 0 Å². The summed E-state index contributed by atoms with van der Waals surface area (Å²) in [6, 6.07) is 5.60. The van der Waals surface area contributed by atoms with Crippen LogP contribution in [-0.4, -0.2) is 0 Å². The summed E-state index contributed by atoms with van der Waals surface area (Å²) in [6.07, 6.45) is 16.1. The molecule has 1 aromatic carbocycles. The summed E-state index contributed by atoms with van der Waals surface area (Å²) in [5.74, 6) is 3.64. The van der Waals surface area contributed by atoms with Gasteiger partial charge in [0.2, 0.25) is 0 Å². The van der Waals surface area contributed by atoms with Crippen molar-refractivity contribution in [3.8, 4) is 0 Å². The van der Waals surface area contributed by atoms with Crippen LogP contribution in [0.5, 0.6) is 0 Å². The van der Waals surface area contributed by atoms with E-state index in [0.717, 1.165) is 36.2 Å². The van der Waals surface area contributed by atoms with E-state index >= 15 is 0 Å². The van der Waals surface area contributed by atoms with E-state index in [1.54, 1.807) is 12.1 Å². The molecule has 0 N–H and O–H groups in total. The van der Waals surface area contributed by atoms with Gasteiger partial charge in [-0.05, 0) is 92.7 Å². The third-order valence-electron chi connectivity index (χ3n) is 7.36. The van der Waals surface area contributed by atoms with Crippen molar-refractivity contribution in [1.82, 2.24) is 0 Å². The number of benzene rings is 1. The minimum Gasteiger partial charge on any atom is -0.166 e. The van der Waals surface area contributed by atoms with Crippen molar-refractivity contribution in [1.29, 1.82) is 0 Å². The molecule has 162 valence electrons. The van der Waals surface area contributed by atoms with Crippen LogP contribution in [0.1, 0.15) is 88.7 Å². The zero-order valence-electron chi connectivity index (χ0n) is 17.9. The molecule has 0 amide bonds. The SMILES string of the molecule is CCC[C@H]1CC[C@H]([C@H]2CC[C@H](C=CCCc3ccc(C(F)(F)F)cc3)CC2)CC1. The molecule has 29 heavy (non-hydrogen) atoms. The fourth-order valence-electron chi connectivity index (χ4n) is 5.56. The van der Waals surface area contributed by atoms with E-state index in [2.05, 4.69) is 19.1 Å². The van der Waals surface area contributed by atoms with E-state index in [9.17, 15) is 13.2 Å². The molecule has 0 bridgehead atoms. The second kappa shape index (κ2) is 10.7. The molecule has 0 nitrogen and oxygen atoms in total. The Labute approximate surface area is 175 Å². The van der Waals surface area contributed by atoms with Gasteiger partial charge in [-0.1, -0.05) is 56.9 Å². The van der Waals surface area contributed by atoms with Crippen LogP contribution in [0.15, 0.2) is 36.4 Å². The number of allylic oxidation sites excluding steroid dienone is 2. The fourth-order valence-corrected chi connectivity index (χ4v) is 5.56. The highest BCUT2D eigenvalue weighted by molar-refractivity contribution is 5.24. The summed E-state index contributed by atoms with van der Waals surface area (Å²) in [7, 11) is 0. The molecule has 0 aliphatic heterocycles. The first kappa shape index (κ1) is 22.4. The van der Waals surface area contributed by atoms with Crippen LogP contribution < -0.4 is 0 Å². The maximum atomic E-state index is 12.6. The van der Waals surface area contributed by atoms with Crippen molar-refractivity contribution < 1.29 is 13.2 Å². The Morgan fingerprint density at radius 3 is 2.00 bits per heavy atom. The molecule has 0 radical (unpaired) electrons. The highest BCUT2D eigenvalue weighted by Gasteiger charge is 2.30. The highest BCUT2D eigenvalue weighted by atomic mass is 19.4. The lowest BCUT2D eigenvalue weighted by molar-refractivity contribution is -0.137. The zero-order valence-corrected chi connectivity index (χ0v) is 17.9. The Hall–Kier alpha value is -1.25. The first-order chi connectivity index (χ1) is 14.0. The maximum absolute atomic E-state index is 12.6. The Balaban J connectivity index is 1.34. The molecule has 1 aromatic rings. The predicted octanol–water partition coefficient (Wildman–Crippen LogP) is 8.61. The summed E-state index contributed by atoms with van der Waals surface area (Å²) in [5, 5.41) is 0. The smallest absolute Gasteiger partial charge is 0.166 e. The van der Waals surface area contributed by atoms with E-state index in [1.165, 1.54) is 76.3 Å². The molecular formula is C26H37F3. The molecule has 0 atom stereocenters. The predicted molar refractivity (Wildman–Crippen MR) is 115 cm³/mol. The van der Waals surface area contributed by atoms with Gasteiger partial charge < -0.3 is 0 Å². The average Bonchev–Trinajstić information content (AvgIpc) is 2.72. The van der Waals surface area contributed by atoms with Gasteiger partial charge in [0.1, 0.15) is 0 Å². The Kier molecular flexibility index (Phi) is 8.26. The van der Waals surface area contributed by atoms with Gasteiger partial charge in [0.25, 0.3) is 0 Å². The number of hydrogen-bond acceptors (Lipinski definition) is 0. The van der Waals surface area contributed by atoms with E-state index in [-0.39, 0.29) is 0 Å². The van der Waals surface area contributed by atoms with Crippen LogP contribution >= 0.6 is 0 Å². The fraction of sp³-hybridized carbons (Fsp3) is 0.692. The third kappa shape index (κ3) is 6.89. The minimum atomic E-state index is -4.24. The second-order valence-corrected chi connectivity index (χ2v) is 9.41. The molecule has 0 spiro atoms. The van der Waals surface area contributed by atoms with E-state index in [4.69, 9.17) is 0 Å². The normalized spacial score (nSPS) is 28.7. The summed E-state index contributed by atoms with van der Waals surface area (Å²) < 4.78 is 37.8. The van der Waals surface area contributed by atoms with E-state index in [1.807, 2.05) is 0 Å². The van der Waals surface area contributed by atoms with Gasteiger partial charge in [-0.3, -0.25) is 0 Å². The van der Waals surface area contributed by atoms with Gasteiger partial charge in [0.05, 0.1) is 5.56 Å². The van der Waals surface area contributed by atoms with Gasteiger partial charge in [0, 0.05) is 0 Å². The average molecular weight is 407 g/mol. The maximum Gasteiger partial charge on any atom is 0.416 e. The molecule has 3 rings (SSSR count).